The molecule has 19 heavy (non-hydrogen) atoms. The molecule has 0 fully saturated rings. The first-order chi connectivity index (χ1) is 9.29. The molecule has 0 saturated carbocycles. The van der Waals surface area contributed by atoms with Gasteiger partial charge in [-0.1, -0.05) is 24.3 Å². The Balaban J connectivity index is 2.25. The molecule has 0 radical (unpaired) electrons. The van der Waals surface area contributed by atoms with Gasteiger partial charge in [0.2, 0.25) is 0 Å². The summed E-state index contributed by atoms with van der Waals surface area (Å²) in [6.07, 6.45) is 1.69. The van der Waals surface area contributed by atoms with Crippen LogP contribution in [0.4, 0.5) is 0 Å². The molecule has 3 rings (SSSR count). The third kappa shape index (κ3) is 1.97. The Labute approximate surface area is 109 Å². The minimum absolute atomic E-state index is 0.133. The van der Waals surface area contributed by atoms with E-state index in [4.69, 9.17) is 4.74 Å². The Morgan fingerprint density at radius 2 is 1.95 bits per heavy atom. The van der Waals surface area contributed by atoms with Gasteiger partial charge in [-0.15, -0.1) is 0 Å². The van der Waals surface area contributed by atoms with E-state index in [1.165, 1.54) is 4.68 Å². The maximum atomic E-state index is 12.4. The van der Waals surface area contributed by atoms with E-state index in [1.54, 1.807) is 25.4 Å². The molecule has 1 heterocycles. The van der Waals surface area contributed by atoms with Crippen LogP contribution >= 0.6 is 0 Å². The molecule has 1 aromatic heterocycles. The summed E-state index contributed by atoms with van der Waals surface area (Å²) >= 11 is 0. The van der Waals surface area contributed by atoms with Crippen molar-refractivity contribution in [3.05, 3.63) is 65.1 Å². The average Bonchev–Trinajstić information content (AvgIpc) is 2.48. The van der Waals surface area contributed by atoms with E-state index < -0.39 is 0 Å². The zero-order chi connectivity index (χ0) is 13.2. The lowest BCUT2D eigenvalue weighted by atomic mass is 10.2. The van der Waals surface area contributed by atoms with E-state index in [1.807, 2.05) is 36.4 Å². The van der Waals surface area contributed by atoms with Gasteiger partial charge in [0, 0.05) is 11.5 Å². The van der Waals surface area contributed by atoms with Crippen molar-refractivity contribution in [1.82, 2.24) is 9.78 Å². The molecule has 94 valence electrons. The molecule has 0 aliphatic rings. The number of methoxy groups -OCH3 is 1. The third-order valence-corrected chi connectivity index (χ3v) is 2.99. The van der Waals surface area contributed by atoms with Crippen molar-refractivity contribution in [3.8, 4) is 11.4 Å². The minimum Gasteiger partial charge on any atom is -0.497 e. The highest BCUT2D eigenvalue weighted by Crippen LogP contribution is 2.15. The smallest absolute Gasteiger partial charge is 0.279 e. The maximum Gasteiger partial charge on any atom is 0.279 e. The van der Waals surface area contributed by atoms with E-state index in [-0.39, 0.29) is 5.56 Å². The summed E-state index contributed by atoms with van der Waals surface area (Å²) in [4.78, 5) is 12.4. The van der Waals surface area contributed by atoms with Gasteiger partial charge in [0.05, 0.1) is 24.4 Å². The lowest BCUT2D eigenvalue weighted by molar-refractivity contribution is 0.414. The summed E-state index contributed by atoms with van der Waals surface area (Å²) in [5.74, 6) is 0.694. The molecular weight excluding hydrogens is 240 g/mol. The molecule has 0 aliphatic carbocycles. The highest BCUT2D eigenvalue weighted by atomic mass is 16.5. The minimum atomic E-state index is -0.133. The molecule has 0 saturated heterocycles. The lowest BCUT2D eigenvalue weighted by Crippen LogP contribution is -2.20. The van der Waals surface area contributed by atoms with Gasteiger partial charge in [-0.2, -0.15) is 9.78 Å². The number of fused-ring (bicyclic) bond motifs is 1. The third-order valence-electron chi connectivity index (χ3n) is 2.99. The molecule has 0 amide bonds. The fourth-order valence-electron chi connectivity index (χ4n) is 2.02. The monoisotopic (exact) mass is 252 g/mol. The summed E-state index contributed by atoms with van der Waals surface area (Å²) in [7, 11) is 1.59. The highest BCUT2D eigenvalue weighted by molar-refractivity contribution is 5.80. The lowest BCUT2D eigenvalue weighted by Gasteiger charge is -2.07. The largest absolute Gasteiger partial charge is 0.497 e. The van der Waals surface area contributed by atoms with Gasteiger partial charge in [-0.25, -0.2) is 0 Å². The van der Waals surface area contributed by atoms with Crippen molar-refractivity contribution in [2.45, 2.75) is 0 Å². The predicted octanol–water partition coefficient (Wildman–Crippen LogP) is 2.39. The standard InChI is InChI=1S/C15H12N2O2/c1-19-13-7-4-6-12(9-13)17-15(18)14-8-3-2-5-11(14)10-16-17/h2-10H,1H3. The molecule has 4 heteroatoms. The molecule has 4 nitrogen and oxygen atoms in total. The summed E-state index contributed by atoms with van der Waals surface area (Å²) in [6, 6.07) is 14.7. The normalized spacial score (nSPS) is 10.6. The van der Waals surface area contributed by atoms with Crippen LogP contribution in [0.1, 0.15) is 0 Å². The van der Waals surface area contributed by atoms with Crippen LogP contribution in [0, 0.1) is 0 Å². The van der Waals surface area contributed by atoms with E-state index in [0.29, 0.717) is 16.8 Å². The number of hydrogen-bond donors (Lipinski definition) is 0. The fraction of sp³-hybridized carbons (Fsp3) is 0.0667. The fourth-order valence-corrected chi connectivity index (χ4v) is 2.02. The van der Waals surface area contributed by atoms with E-state index >= 15 is 0 Å². The number of nitrogens with zero attached hydrogens (tertiary/aromatic N) is 2. The summed E-state index contributed by atoms with van der Waals surface area (Å²) < 4.78 is 6.54. The van der Waals surface area contributed by atoms with E-state index in [2.05, 4.69) is 5.10 Å². The number of hydrogen-bond acceptors (Lipinski definition) is 3. The second-order valence-corrected chi connectivity index (χ2v) is 4.15. The number of ether oxygens (including phenoxy) is 1. The van der Waals surface area contributed by atoms with Crippen molar-refractivity contribution in [3.63, 3.8) is 0 Å². The van der Waals surface area contributed by atoms with E-state index in [9.17, 15) is 4.79 Å². The molecule has 0 aliphatic heterocycles. The molecule has 0 bridgehead atoms. The quantitative estimate of drug-likeness (QED) is 0.703. The SMILES string of the molecule is COc1cccc(-n2ncc3ccccc3c2=O)c1. The van der Waals surface area contributed by atoms with E-state index in [0.717, 1.165) is 5.39 Å². The zero-order valence-corrected chi connectivity index (χ0v) is 10.4. The van der Waals surface area contributed by atoms with Crippen molar-refractivity contribution in [1.29, 1.82) is 0 Å². The Morgan fingerprint density at radius 1 is 1.11 bits per heavy atom. The van der Waals surface area contributed by atoms with Crippen molar-refractivity contribution < 1.29 is 4.74 Å². The molecule has 0 unspecified atom stereocenters. The predicted molar refractivity (Wildman–Crippen MR) is 73.9 cm³/mol. The average molecular weight is 252 g/mol. The topological polar surface area (TPSA) is 44.1 Å². The number of aromatic nitrogens is 2. The van der Waals surface area contributed by atoms with Crippen LogP contribution in [0.2, 0.25) is 0 Å². The summed E-state index contributed by atoms with van der Waals surface area (Å²) in [6.45, 7) is 0. The summed E-state index contributed by atoms with van der Waals surface area (Å²) in [5.41, 5.74) is 0.557. The molecular formula is C15H12N2O2. The van der Waals surface area contributed by atoms with Crippen LogP contribution in [-0.4, -0.2) is 16.9 Å². The van der Waals surface area contributed by atoms with Gasteiger partial charge in [0.25, 0.3) is 5.56 Å². The zero-order valence-electron chi connectivity index (χ0n) is 10.4. The van der Waals surface area contributed by atoms with Gasteiger partial charge in [0.15, 0.2) is 0 Å². The molecule has 3 aromatic rings. The first kappa shape index (κ1) is 11.5. The Morgan fingerprint density at radius 3 is 2.79 bits per heavy atom. The second kappa shape index (κ2) is 4.57. The van der Waals surface area contributed by atoms with Crippen molar-refractivity contribution >= 4 is 10.8 Å². The van der Waals surface area contributed by atoms with Crippen LogP contribution in [0.5, 0.6) is 5.75 Å². The first-order valence-corrected chi connectivity index (χ1v) is 5.91. The molecule has 2 aromatic carbocycles. The molecule has 0 atom stereocenters. The Kier molecular flexibility index (Phi) is 2.76. The van der Waals surface area contributed by atoms with Gasteiger partial charge in [-0.3, -0.25) is 4.79 Å². The highest BCUT2D eigenvalue weighted by Gasteiger charge is 2.06. The van der Waals surface area contributed by atoms with Crippen LogP contribution in [0.15, 0.2) is 59.5 Å². The number of benzene rings is 2. The van der Waals surface area contributed by atoms with Crippen LogP contribution < -0.4 is 10.3 Å². The van der Waals surface area contributed by atoms with Crippen LogP contribution in [-0.2, 0) is 0 Å². The second-order valence-electron chi connectivity index (χ2n) is 4.15. The van der Waals surface area contributed by atoms with Gasteiger partial charge < -0.3 is 4.74 Å². The van der Waals surface area contributed by atoms with Gasteiger partial charge >= 0.3 is 0 Å². The Hall–Kier alpha value is -2.62. The molecule has 0 N–H and O–H groups in total. The molecule has 0 spiro atoms. The van der Waals surface area contributed by atoms with Crippen LogP contribution in [0.3, 0.4) is 0 Å². The van der Waals surface area contributed by atoms with Crippen LogP contribution in [0.25, 0.3) is 16.5 Å². The maximum absolute atomic E-state index is 12.4. The first-order valence-electron chi connectivity index (χ1n) is 5.91. The van der Waals surface area contributed by atoms with Gasteiger partial charge in [0.1, 0.15) is 5.75 Å². The van der Waals surface area contributed by atoms with Crippen molar-refractivity contribution in [2.24, 2.45) is 0 Å². The van der Waals surface area contributed by atoms with Crippen molar-refractivity contribution in [2.75, 3.05) is 7.11 Å². The number of rotatable bonds is 2. The Bertz CT molecular complexity index is 793. The summed E-state index contributed by atoms with van der Waals surface area (Å²) in [5, 5.41) is 5.69. The van der Waals surface area contributed by atoms with Gasteiger partial charge in [-0.05, 0) is 18.2 Å².